The van der Waals surface area contributed by atoms with Gasteiger partial charge >= 0.3 is 6.03 Å². The molecule has 2 amide bonds. The van der Waals surface area contributed by atoms with Crippen molar-refractivity contribution in [3.8, 4) is 11.1 Å². The average molecular weight is 564 g/mol. The highest BCUT2D eigenvalue weighted by molar-refractivity contribution is 9.10. The average Bonchev–Trinajstić information content (AvgIpc) is 2.93. The van der Waals surface area contributed by atoms with Crippen LogP contribution in [-0.4, -0.2) is 68.1 Å². The zero-order chi connectivity index (χ0) is 24.8. The SMILES string of the molecule is CS(=O)(=O)N[C@@H]1[C@H](Cc2cccc(-c3ccc(Br)c(F)c3)c2F)N(C(=O)N2CCC2)CC1(F)F. The zero-order valence-corrected chi connectivity index (χ0v) is 20.5. The van der Waals surface area contributed by atoms with Gasteiger partial charge < -0.3 is 9.80 Å². The molecule has 0 saturated carbocycles. The Morgan fingerprint density at radius 1 is 1.21 bits per heavy atom. The Hall–Kier alpha value is -2.18. The van der Waals surface area contributed by atoms with E-state index >= 15 is 4.39 Å². The third kappa shape index (κ3) is 4.94. The van der Waals surface area contributed by atoms with Crippen LogP contribution in [0.2, 0.25) is 0 Å². The summed E-state index contributed by atoms with van der Waals surface area (Å²) in [6.45, 7) is -0.160. The molecule has 2 aromatic carbocycles. The lowest BCUT2D eigenvalue weighted by Crippen LogP contribution is -2.55. The maximum Gasteiger partial charge on any atom is 0.320 e. The lowest BCUT2D eigenvalue weighted by molar-refractivity contribution is -0.00557. The van der Waals surface area contributed by atoms with Crippen molar-refractivity contribution in [1.29, 1.82) is 0 Å². The van der Waals surface area contributed by atoms with Crippen molar-refractivity contribution >= 4 is 32.0 Å². The van der Waals surface area contributed by atoms with E-state index in [0.717, 1.165) is 23.6 Å². The fourth-order valence-corrected chi connectivity index (χ4v) is 5.31. The summed E-state index contributed by atoms with van der Waals surface area (Å²) in [5.74, 6) is -4.91. The molecule has 0 unspecified atom stereocenters. The van der Waals surface area contributed by atoms with Gasteiger partial charge in [-0.05, 0) is 52.0 Å². The van der Waals surface area contributed by atoms with Gasteiger partial charge in [-0.1, -0.05) is 24.3 Å². The maximum absolute atomic E-state index is 15.5. The highest BCUT2D eigenvalue weighted by Crippen LogP contribution is 2.37. The molecule has 4 rings (SSSR count). The highest BCUT2D eigenvalue weighted by Gasteiger charge is 2.57. The first-order valence-electron chi connectivity index (χ1n) is 10.5. The van der Waals surface area contributed by atoms with Crippen LogP contribution in [-0.2, 0) is 16.4 Å². The molecule has 1 N–H and O–H groups in total. The van der Waals surface area contributed by atoms with Crippen molar-refractivity contribution in [2.75, 3.05) is 25.9 Å². The summed E-state index contributed by atoms with van der Waals surface area (Å²) in [5.41, 5.74) is 0.309. The molecule has 0 radical (unpaired) electrons. The molecule has 2 aliphatic heterocycles. The van der Waals surface area contributed by atoms with Crippen molar-refractivity contribution in [3.05, 3.63) is 58.1 Å². The molecule has 12 heteroatoms. The van der Waals surface area contributed by atoms with E-state index in [2.05, 4.69) is 15.9 Å². The molecule has 0 aliphatic carbocycles. The second-order valence-electron chi connectivity index (χ2n) is 8.56. The number of nitrogens with one attached hydrogen (secondary N) is 1. The fourth-order valence-electron chi connectivity index (χ4n) is 4.28. The Morgan fingerprint density at radius 2 is 1.91 bits per heavy atom. The van der Waals surface area contributed by atoms with Crippen LogP contribution in [0.25, 0.3) is 11.1 Å². The molecule has 0 bridgehead atoms. The summed E-state index contributed by atoms with van der Waals surface area (Å²) < 4.78 is 85.2. The minimum Gasteiger partial charge on any atom is -0.325 e. The third-order valence-electron chi connectivity index (χ3n) is 6.07. The summed E-state index contributed by atoms with van der Waals surface area (Å²) in [4.78, 5) is 15.2. The smallest absolute Gasteiger partial charge is 0.320 e. The van der Waals surface area contributed by atoms with Gasteiger partial charge in [0.05, 0.1) is 23.3 Å². The number of likely N-dealkylation sites (tertiary alicyclic amines) is 2. The summed E-state index contributed by atoms with van der Waals surface area (Å²) in [7, 11) is -4.06. The first-order valence-corrected chi connectivity index (χ1v) is 13.2. The molecule has 2 saturated heterocycles. The van der Waals surface area contributed by atoms with Crippen molar-refractivity contribution in [3.63, 3.8) is 0 Å². The standard InChI is InChI=1S/C22H22BrF4N3O3S/c1-34(32,33)28-20-18(30(12-22(20,26)27)21(31)29-8-3-9-29)11-14-4-2-5-15(19(14)25)13-6-7-16(23)17(24)10-13/h2,4-7,10,18,20,28H,3,8-9,11-12H2,1H3/t18-,20+/m0/s1. The van der Waals surface area contributed by atoms with Crippen LogP contribution < -0.4 is 4.72 Å². The third-order valence-corrected chi connectivity index (χ3v) is 7.40. The van der Waals surface area contributed by atoms with Crippen LogP contribution >= 0.6 is 15.9 Å². The van der Waals surface area contributed by atoms with E-state index < -0.39 is 52.2 Å². The minimum atomic E-state index is -4.06. The predicted octanol–water partition coefficient (Wildman–Crippen LogP) is 4.00. The van der Waals surface area contributed by atoms with Crippen LogP contribution in [0, 0.1) is 11.6 Å². The molecule has 2 atom stereocenters. The number of sulfonamides is 1. The van der Waals surface area contributed by atoms with E-state index in [9.17, 15) is 26.4 Å². The molecule has 34 heavy (non-hydrogen) atoms. The van der Waals surface area contributed by atoms with E-state index in [0.29, 0.717) is 13.1 Å². The number of carbonyl (C=O) groups is 1. The number of halogens is 5. The van der Waals surface area contributed by atoms with Gasteiger partial charge in [0.2, 0.25) is 10.0 Å². The number of carbonyl (C=O) groups excluding carboxylic acids is 1. The van der Waals surface area contributed by atoms with Gasteiger partial charge in [-0.15, -0.1) is 0 Å². The second kappa shape index (κ2) is 9.12. The maximum atomic E-state index is 15.5. The Labute approximate surface area is 203 Å². The van der Waals surface area contributed by atoms with Gasteiger partial charge in [-0.2, -0.15) is 0 Å². The van der Waals surface area contributed by atoms with Gasteiger partial charge in [-0.25, -0.2) is 35.5 Å². The molecule has 2 fully saturated rings. The summed E-state index contributed by atoms with van der Waals surface area (Å²) >= 11 is 3.04. The van der Waals surface area contributed by atoms with Gasteiger partial charge in [0, 0.05) is 18.7 Å². The predicted molar refractivity (Wildman–Crippen MR) is 122 cm³/mol. The molecular formula is C22H22BrF4N3O3S. The number of benzene rings is 2. The van der Waals surface area contributed by atoms with Crippen LogP contribution in [0.4, 0.5) is 22.4 Å². The molecule has 2 heterocycles. The minimum absolute atomic E-state index is 0.00485. The molecule has 2 aliphatic rings. The summed E-state index contributed by atoms with van der Waals surface area (Å²) in [5, 5.41) is 0. The first kappa shape index (κ1) is 24.9. The number of hydrogen-bond acceptors (Lipinski definition) is 3. The van der Waals surface area contributed by atoms with Crippen molar-refractivity contribution in [1.82, 2.24) is 14.5 Å². The monoisotopic (exact) mass is 563 g/mol. The highest BCUT2D eigenvalue weighted by atomic mass is 79.9. The second-order valence-corrected chi connectivity index (χ2v) is 11.2. The topological polar surface area (TPSA) is 69.7 Å². The molecule has 184 valence electrons. The number of nitrogens with zero attached hydrogens (tertiary/aromatic N) is 2. The Balaban J connectivity index is 1.72. The molecule has 0 aromatic heterocycles. The lowest BCUT2D eigenvalue weighted by atomic mass is 9.95. The molecule has 6 nitrogen and oxygen atoms in total. The number of urea groups is 1. The van der Waals surface area contributed by atoms with Crippen LogP contribution in [0.5, 0.6) is 0 Å². The number of amides is 2. The van der Waals surface area contributed by atoms with Crippen molar-refractivity contribution < 1.29 is 30.8 Å². The zero-order valence-electron chi connectivity index (χ0n) is 18.1. The van der Waals surface area contributed by atoms with Crippen LogP contribution in [0.3, 0.4) is 0 Å². The number of hydrogen-bond donors (Lipinski definition) is 1. The van der Waals surface area contributed by atoms with E-state index in [4.69, 9.17) is 0 Å². The van der Waals surface area contributed by atoms with E-state index in [1.807, 2.05) is 4.72 Å². The lowest BCUT2D eigenvalue weighted by Gasteiger charge is -2.37. The van der Waals surface area contributed by atoms with Crippen LogP contribution in [0.15, 0.2) is 40.9 Å². The van der Waals surface area contributed by atoms with Gasteiger partial charge in [0.15, 0.2) is 0 Å². The number of rotatable bonds is 5. The summed E-state index contributed by atoms with van der Waals surface area (Å²) in [6.07, 6.45) is 1.14. The van der Waals surface area contributed by atoms with Crippen molar-refractivity contribution in [2.45, 2.75) is 30.8 Å². The largest absolute Gasteiger partial charge is 0.325 e. The Morgan fingerprint density at radius 3 is 2.50 bits per heavy atom. The van der Waals surface area contributed by atoms with E-state index in [-0.39, 0.29) is 27.6 Å². The Bertz CT molecular complexity index is 1220. The van der Waals surface area contributed by atoms with E-state index in [1.165, 1.54) is 35.2 Å². The molecule has 0 spiro atoms. The van der Waals surface area contributed by atoms with Crippen LogP contribution in [0.1, 0.15) is 12.0 Å². The molecule has 2 aromatic rings. The first-order chi connectivity index (χ1) is 15.9. The molecular weight excluding hydrogens is 542 g/mol. The van der Waals surface area contributed by atoms with Gasteiger partial charge in [0.25, 0.3) is 5.92 Å². The summed E-state index contributed by atoms with van der Waals surface area (Å²) in [6, 6.07) is 4.49. The Kier molecular flexibility index (Phi) is 6.69. The fraction of sp³-hybridized carbons (Fsp3) is 0.409. The quantitative estimate of drug-likeness (QED) is 0.559. The number of alkyl halides is 2. The van der Waals surface area contributed by atoms with E-state index in [1.54, 1.807) is 0 Å². The van der Waals surface area contributed by atoms with Crippen molar-refractivity contribution in [2.24, 2.45) is 0 Å². The van der Waals surface area contributed by atoms with Gasteiger partial charge in [0.1, 0.15) is 17.7 Å². The van der Waals surface area contributed by atoms with Gasteiger partial charge in [-0.3, -0.25) is 0 Å². The normalized spacial score (nSPS) is 22.1.